The van der Waals surface area contributed by atoms with E-state index in [2.05, 4.69) is 20.2 Å². The molecule has 8 nitrogen and oxygen atoms in total. The molecule has 1 aliphatic rings. The summed E-state index contributed by atoms with van der Waals surface area (Å²) < 4.78 is 5.44. The van der Waals surface area contributed by atoms with Gasteiger partial charge in [0.1, 0.15) is 5.54 Å². The molecule has 3 aromatic rings. The topological polar surface area (TPSA) is 87.7 Å². The fourth-order valence-electron chi connectivity index (χ4n) is 4.42. The Kier molecular flexibility index (Phi) is 9.24. The van der Waals surface area contributed by atoms with Gasteiger partial charge in [-0.2, -0.15) is 0 Å². The lowest BCUT2D eigenvalue weighted by Crippen LogP contribution is -2.55. The van der Waals surface area contributed by atoms with Crippen molar-refractivity contribution in [2.24, 2.45) is 0 Å². The van der Waals surface area contributed by atoms with Crippen LogP contribution in [0.15, 0.2) is 59.8 Å². The van der Waals surface area contributed by atoms with E-state index in [1.54, 1.807) is 18.7 Å². The Morgan fingerprint density at radius 3 is 2.21 bits per heavy atom. The molecule has 0 atom stereocenters. The molecular formula is C30H37N5O3S. The third kappa shape index (κ3) is 7.58. The number of rotatable bonds is 9. The van der Waals surface area contributed by atoms with Gasteiger partial charge in [-0.15, -0.1) is 0 Å². The lowest BCUT2D eigenvalue weighted by molar-refractivity contribution is -0.142. The van der Waals surface area contributed by atoms with Crippen molar-refractivity contribution >= 4 is 35.0 Å². The number of aromatic nitrogens is 2. The zero-order valence-corrected chi connectivity index (χ0v) is 24.2. The van der Waals surface area contributed by atoms with Gasteiger partial charge < -0.3 is 19.9 Å². The zero-order chi connectivity index (χ0) is 28.0. The fourth-order valence-corrected chi connectivity index (χ4v) is 5.25. The van der Waals surface area contributed by atoms with Crippen LogP contribution >= 0.6 is 11.8 Å². The van der Waals surface area contributed by atoms with Crippen LogP contribution in [-0.2, 0) is 20.9 Å². The molecular weight excluding hydrogens is 510 g/mol. The molecule has 39 heavy (non-hydrogen) atoms. The van der Waals surface area contributed by atoms with Gasteiger partial charge in [0.2, 0.25) is 11.8 Å². The van der Waals surface area contributed by atoms with Gasteiger partial charge >= 0.3 is 0 Å². The van der Waals surface area contributed by atoms with Crippen molar-refractivity contribution in [1.29, 1.82) is 0 Å². The monoisotopic (exact) mass is 547 g/mol. The third-order valence-corrected chi connectivity index (χ3v) is 7.61. The number of morpholine rings is 1. The highest BCUT2D eigenvalue weighted by atomic mass is 32.2. The first-order valence-electron chi connectivity index (χ1n) is 13.2. The van der Waals surface area contributed by atoms with Gasteiger partial charge in [-0.1, -0.05) is 41.6 Å². The predicted octanol–water partition coefficient (Wildman–Crippen LogP) is 4.78. The van der Waals surface area contributed by atoms with Gasteiger partial charge in [0.25, 0.3) is 0 Å². The molecule has 0 saturated carbocycles. The molecule has 9 heteroatoms. The summed E-state index contributed by atoms with van der Waals surface area (Å²) in [4.78, 5) is 40.0. The van der Waals surface area contributed by atoms with Crippen molar-refractivity contribution < 1.29 is 14.3 Å². The quantitative estimate of drug-likeness (QED) is 0.305. The van der Waals surface area contributed by atoms with Crippen molar-refractivity contribution in [1.82, 2.24) is 14.9 Å². The molecule has 0 spiro atoms. The molecule has 4 rings (SSSR count). The molecule has 1 N–H and O–H groups in total. The minimum atomic E-state index is -1.12. The summed E-state index contributed by atoms with van der Waals surface area (Å²) in [6.45, 7) is 12.8. The minimum Gasteiger partial charge on any atom is -0.378 e. The van der Waals surface area contributed by atoms with E-state index in [1.807, 2.05) is 75.4 Å². The fraction of sp³-hybridized carbons (Fsp3) is 0.400. The average molecular weight is 548 g/mol. The first-order valence-corrected chi connectivity index (χ1v) is 14.2. The van der Waals surface area contributed by atoms with Gasteiger partial charge in [0, 0.05) is 42.4 Å². The summed E-state index contributed by atoms with van der Waals surface area (Å²) in [5.74, 6) is -0.291. The number of anilines is 2. The molecule has 1 aromatic heterocycles. The predicted molar refractivity (Wildman–Crippen MR) is 156 cm³/mol. The smallest absolute Gasteiger partial charge is 0.249 e. The minimum absolute atomic E-state index is 0.125. The maximum absolute atomic E-state index is 13.6. The Hall–Kier alpha value is -3.43. The van der Waals surface area contributed by atoms with Crippen LogP contribution in [0, 0.1) is 20.8 Å². The largest absolute Gasteiger partial charge is 0.378 e. The zero-order valence-electron chi connectivity index (χ0n) is 23.4. The lowest BCUT2D eigenvalue weighted by atomic mass is 9.99. The molecule has 1 fully saturated rings. The Morgan fingerprint density at radius 1 is 0.974 bits per heavy atom. The number of thioether (sulfide) groups is 1. The molecule has 2 heterocycles. The Balaban J connectivity index is 1.50. The summed E-state index contributed by atoms with van der Waals surface area (Å²) in [5, 5.41) is 3.58. The van der Waals surface area contributed by atoms with Crippen LogP contribution in [0.2, 0.25) is 0 Å². The van der Waals surface area contributed by atoms with Gasteiger partial charge in [0.05, 0.1) is 19.0 Å². The first-order chi connectivity index (χ1) is 18.6. The van der Waals surface area contributed by atoms with Crippen molar-refractivity contribution in [2.45, 2.75) is 51.9 Å². The van der Waals surface area contributed by atoms with E-state index in [9.17, 15) is 9.59 Å². The standard InChI is InChI=1S/C30H37N5O3S/c1-21-6-8-24(9-7-21)19-35(27(36)20-39-29-31-22(2)18-23(3)32-29)30(4,5)28(37)33-25-10-12-26(13-11-25)34-14-16-38-17-15-34/h6-13,18H,14-17,19-20H2,1-5H3,(H,33,37). The van der Waals surface area contributed by atoms with Crippen LogP contribution in [0.3, 0.4) is 0 Å². The number of carbonyl (C=O) groups excluding carboxylic acids is 2. The summed E-state index contributed by atoms with van der Waals surface area (Å²) in [5.41, 5.74) is 4.47. The Labute approximate surface area is 235 Å². The maximum atomic E-state index is 13.6. The van der Waals surface area contributed by atoms with Crippen molar-refractivity contribution in [3.05, 3.63) is 77.1 Å². The van der Waals surface area contributed by atoms with Gasteiger partial charge in [-0.3, -0.25) is 9.59 Å². The van der Waals surface area contributed by atoms with Gasteiger partial charge in [-0.05, 0) is 70.5 Å². The first kappa shape index (κ1) is 28.6. The summed E-state index contributed by atoms with van der Waals surface area (Å²) in [7, 11) is 0. The Morgan fingerprint density at radius 2 is 1.59 bits per heavy atom. The number of benzene rings is 2. The van der Waals surface area contributed by atoms with E-state index in [1.165, 1.54) is 11.8 Å². The second kappa shape index (κ2) is 12.6. The molecule has 2 aromatic carbocycles. The number of aryl methyl sites for hydroxylation is 3. The van der Waals surface area contributed by atoms with Crippen LogP contribution in [0.1, 0.15) is 36.4 Å². The van der Waals surface area contributed by atoms with E-state index < -0.39 is 5.54 Å². The van der Waals surface area contributed by atoms with Gasteiger partial charge in [-0.25, -0.2) is 9.97 Å². The number of carbonyl (C=O) groups is 2. The summed E-state index contributed by atoms with van der Waals surface area (Å²) >= 11 is 1.29. The number of amides is 2. The van der Waals surface area contributed by atoms with Crippen LogP contribution in [0.4, 0.5) is 11.4 Å². The molecule has 0 unspecified atom stereocenters. The number of hydrogen-bond donors (Lipinski definition) is 1. The maximum Gasteiger partial charge on any atom is 0.249 e. The molecule has 0 aliphatic carbocycles. The highest BCUT2D eigenvalue weighted by molar-refractivity contribution is 7.99. The molecule has 206 valence electrons. The van der Waals surface area contributed by atoms with E-state index in [-0.39, 0.29) is 17.6 Å². The lowest BCUT2D eigenvalue weighted by Gasteiger charge is -2.37. The number of hydrogen-bond acceptors (Lipinski definition) is 7. The highest BCUT2D eigenvalue weighted by Crippen LogP contribution is 2.25. The highest BCUT2D eigenvalue weighted by Gasteiger charge is 2.38. The molecule has 1 aliphatic heterocycles. The molecule has 0 radical (unpaired) electrons. The Bertz CT molecular complexity index is 1270. The second-order valence-corrected chi connectivity index (χ2v) is 11.3. The van der Waals surface area contributed by atoms with E-state index >= 15 is 0 Å². The summed E-state index contributed by atoms with van der Waals surface area (Å²) in [6.07, 6.45) is 0. The SMILES string of the molecule is Cc1ccc(CN(C(=O)CSc2nc(C)cc(C)n2)C(C)(C)C(=O)Nc2ccc(N3CCOCC3)cc2)cc1. The number of nitrogens with one attached hydrogen (secondary N) is 1. The summed E-state index contributed by atoms with van der Waals surface area (Å²) in [6, 6.07) is 17.7. The van der Waals surface area contributed by atoms with Crippen molar-refractivity contribution in [2.75, 3.05) is 42.3 Å². The van der Waals surface area contributed by atoms with Crippen LogP contribution in [0.25, 0.3) is 0 Å². The van der Waals surface area contributed by atoms with Gasteiger partial charge in [0.15, 0.2) is 5.16 Å². The number of nitrogens with zero attached hydrogens (tertiary/aromatic N) is 4. The van der Waals surface area contributed by atoms with E-state index in [0.717, 1.165) is 41.3 Å². The van der Waals surface area contributed by atoms with E-state index in [4.69, 9.17) is 4.74 Å². The molecule has 0 bridgehead atoms. The van der Waals surface area contributed by atoms with Crippen LogP contribution < -0.4 is 10.2 Å². The third-order valence-electron chi connectivity index (χ3n) is 6.78. The van der Waals surface area contributed by atoms with Crippen molar-refractivity contribution in [3.63, 3.8) is 0 Å². The average Bonchev–Trinajstić information content (AvgIpc) is 2.91. The van der Waals surface area contributed by atoms with Crippen LogP contribution in [-0.4, -0.2) is 64.3 Å². The molecule has 2 amide bonds. The second-order valence-electron chi connectivity index (χ2n) is 10.3. The number of ether oxygens (including phenoxy) is 1. The van der Waals surface area contributed by atoms with Crippen LogP contribution in [0.5, 0.6) is 0 Å². The van der Waals surface area contributed by atoms with Crippen molar-refractivity contribution in [3.8, 4) is 0 Å². The van der Waals surface area contributed by atoms with E-state index in [0.29, 0.717) is 30.6 Å². The normalized spacial score (nSPS) is 13.7. The molecule has 1 saturated heterocycles.